The van der Waals surface area contributed by atoms with Crippen molar-refractivity contribution in [1.29, 1.82) is 0 Å². The lowest BCUT2D eigenvalue weighted by Crippen LogP contribution is -2.00. The molecule has 0 fully saturated rings. The van der Waals surface area contributed by atoms with Crippen molar-refractivity contribution in [2.45, 2.75) is 24.8 Å². The number of benzene rings is 2. The molecule has 0 aliphatic rings. The summed E-state index contributed by atoms with van der Waals surface area (Å²) in [6.45, 7) is 4.46. The van der Waals surface area contributed by atoms with Crippen LogP contribution in [-0.4, -0.2) is 26.5 Å². The van der Waals surface area contributed by atoms with E-state index in [0.717, 1.165) is 39.4 Å². The number of aryl methyl sites for hydroxylation is 1. The van der Waals surface area contributed by atoms with E-state index in [1.807, 2.05) is 73.0 Å². The molecule has 4 aromatic rings. The molecule has 4 rings (SSSR count). The zero-order chi connectivity index (χ0) is 20.2. The molecule has 0 unspecified atom stereocenters. The molecule has 2 aromatic heterocycles. The topological polar surface area (TPSA) is 66.0 Å². The number of aromatic nitrogens is 4. The van der Waals surface area contributed by atoms with Crippen LogP contribution in [0.15, 0.2) is 64.3 Å². The second kappa shape index (κ2) is 8.71. The normalized spacial score (nSPS) is 11.0. The second-order valence-corrected chi connectivity index (χ2v) is 7.68. The first-order valence-corrected chi connectivity index (χ1v) is 10.5. The summed E-state index contributed by atoms with van der Waals surface area (Å²) in [5.74, 6) is 2.95. The lowest BCUT2D eigenvalue weighted by atomic mass is 10.2. The van der Waals surface area contributed by atoms with E-state index in [2.05, 4.69) is 15.4 Å². The highest BCUT2D eigenvalue weighted by Crippen LogP contribution is 2.31. The SMILES string of the molecule is CCOc1ccc(-n2c(SCc3cc(C)on3)nnc2-c2cccc(Cl)c2)cc1. The summed E-state index contributed by atoms with van der Waals surface area (Å²) < 4.78 is 12.7. The van der Waals surface area contributed by atoms with Gasteiger partial charge in [0.1, 0.15) is 11.5 Å². The summed E-state index contributed by atoms with van der Waals surface area (Å²) in [5.41, 5.74) is 2.69. The monoisotopic (exact) mass is 426 g/mol. The molecular weight excluding hydrogens is 408 g/mol. The Balaban J connectivity index is 1.72. The number of rotatable bonds is 7. The Labute approximate surface area is 177 Å². The molecule has 0 aliphatic carbocycles. The van der Waals surface area contributed by atoms with Crippen molar-refractivity contribution in [2.75, 3.05) is 6.61 Å². The molecule has 0 bridgehead atoms. The molecule has 8 heteroatoms. The van der Waals surface area contributed by atoms with Crippen LogP contribution in [0, 0.1) is 6.92 Å². The van der Waals surface area contributed by atoms with Crippen LogP contribution < -0.4 is 4.74 Å². The van der Waals surface area contributed by atoms with Crippen molar-refractivity contribution >= 4 is 23.4 Å². The Kier molecular flexibility index (Phi) is 5.87. The fourth-order valence-electron chi connectivity index (χ4n) is 2.89. The van der Waals surface area contributed by atoms with E-state index in [1.165, 1.54) is 0 Å². The number of hydrogen-bond donors (Lipinski definition) is 0. The molecule has 0 atom stereocenters. The third kappa shape index (κ3) is 4.46. The molecule has 29 heavy (non-hydrogen) atoms. The van der Waals surface area contributed by atoms with Gasteiger partial charge in [0.2, 0.25) is 0 Å². The maximum atomic E-state index is 6.20. The minimum Gasteiger partial charge on any atom is -0.494 e. The van der Waals surface area contributed by atoms with Gasteiger partial charge in [-0.05, 0) is 50.2 Å². The zero-order valence-electron chi connectivity index (χ0n) is 16.0. The van der Waals surface area contributed by atoms with Gasteiger partial charge in [0.25, 0.3) is 0 Å². The van der Waals surface area contributed by atoms with Crippen LogP contribution >= 0.6 is 23.4 Å². The van der Waals surface area contributed by atoms with Gasteiger partial charge in [-0.25, -0.2) is 0 Å². The molecule has 0 aliphatic heterocycles. The number of nitrogens with zero attached hydrogens (tertiary/aromatic N) is 4. The van der Waals surface area contributed by atoms with Gasteiger partial charge < -0.3 is 9.26 Å². The van der Waals surface area contributed by atoms with Crippen LogP contribution in [0.3, 0.4) is 0 Å². The molecule has 2 heterocycles. The van der Waals surface area contributed by atoms with Gasteiger partial charge in [0, 0.05) is 28.1 Å². The lowest BCUT2D eigenvalue weighted by Gasteiger charge is -2.11. The first-order chi connectivity index (χ1) is 14.1. The molecule has 0 spiro atoms. The van der Waals surface area contributed by atoms with Gasteiger partial charge in [0.05, 0.1) is 12.3 Å². The number of thioether (sulfide) groups is 1. The Morgan fingerprint density at radius 1 is 1.10 bits per heavy atom. The molecule has 6 nitrogen and oxygen atoms in total. The van der Waals surface area contributed by atoms with Crippen LogP contribution in [0.2, 0.25) is 5.02 Å². The Morgan fingerprint density at radius 3 is 2.62 bits per heavy atom. The average Bonchev–Trinajstić information content (AvgIpc) is 3.33. The molecule has 0 amide bonds. The minimum absolute atomic E-state index is 0.623. The van der Waals surface area contributed by atoms with Crippen molar-refractivity contribution in [3.8, 4) is 22.8 Å². The van der Waals surface area contributed by atoms with Crippen molar-refractivity contribution in [1.82, 2.24) is 19.9 Å². The van der Waals surface area contributed by atoms with Crippen LogP contribution in [0.1, 0.15) is 18.4 Å². The van der Waals surface area contributed by atoms with Gasteiger partial charge in [0.15, 0.2) is 11.0 Å². The average molecular weight is 427 g/mol. The second-order valence-electron chi connectivity index (χ2n) is 6.30. The molecule has 148 valence electrons. The number of hydrogen-bond acceptors (Lipinski definition) is 6. The van der Waals surface area contributed by atoms with Gasteiger partial charge in [-0.3, -0.25) is 4.57 Å². The molecule has 0 saturated carbocycles. The molecule has 2 aromatic carbocycles. The standard InChI is InChI=1S/C21H19ClN4O2S/c1-3-27-19-9-7-18(8-10-19)26-20(15-5-4-6-16(22)12-15)23-24-21(26)29-13-17-11-14(2)28-25-17/h4-12H,3,13H2,1-2H3. The van der Waals surface area contributed by atoms with Crippen LogP contribution in [-0.2, 0) is 5.75 Å². The largest absolute Gasteiger partial charge is 0.494 e. The quantitative estimate of drug-likeness (QED) is 0.359. The first-order valence-electron chi connectivity index (χ1n) is 9.13. The fraction of sp³-hybridized carbons (Fsp3) is 0.190. The number of halogens is 1. The van der Waals surface area contributed by atoms with Crippen molar-refractivity contribution < 1.29 is 9.26 Å². The predicted octanol–water partition coefficient (Wildman–Crippen LogP) is 5.58. The van der Waals surface area contributed by atoms with Crippen molar-refractivity contribution in [3.05, 3.63) is 71.1 Å². The highest BCUT2D eigenvalue weighted by molar-refractivity contribution is 7.98. The summed E-state index contributed by atoms with van der Waals surface area (Å²) in [7, 11) is 0. The van der Waals surface area contributed by atoms with E-state index in [-0.39, 0.29) is 0 Å². The number of ether oxygens (including phenoxy) is 1. The summed E-state index contributed by atoms with van der Waals surface area (Å²) in [5, 5.41) is 14.3. The Hall–Kier alpha value is -2.77. The van der Waals surface area contributed by atoms with Gasteiger partial charge in [-0.15, -0.1) is 10.2 Å². The Morgan fingerprint density at radius 2 is 1.93 bits per heavy atom. The van der Waals surface area contributed by atoms with E-state index < -0.39 is 0 Å². The van der Waals surface area contributed by atoms with Gasteiger partial charge in [-0.1, -0.05) is 40.7 Å². The smallest absolute Gasteiger partial charge is 0.196 e. The molecule has 0 radical (unpaired) electrons. The minimum atomic E-state index is 0.623. The van der Waals surface area contributed by atoms with E-state index in [9.17, 15) is 0 Å². The molecule has 0 saturated heterocycles. The highest BCUT2D eigenvalue weighted by Gasteiger charge is 2.17. The molecule has 0 N–H and O–H groups in total. The summed E-state index contributed by atoms with van der Waals surface area (Å²) in [6, 6.07) is 17.4. The predicted molar refractivity (Wildman–Crippen MR) is 114 cm³/mol. The van der Waals surface area contributed by atoms with Gasteiger partial charge in [-0.2, -0.15) is 0 Å². The third-order valence-electron chi connectivity index (χ3n) is 4.15. The highest BCUT2D eigenvalue weighted by atomic mass is 35.5. The summed E-state index contributed by atoms with van der Waals surface area (Å²) >= 11 is 7.75. The van der Waals surface area contributed by atoms with Crippen molar-refractivity contribution in [2.24, 2.45) is 0 Å². The first kappa shape index (κ1) is 19.5. The van der Waals surface area contributed by atoms with Crippen molar-refractivity contribution in [3.63, 3.8) is 0 Å². The maximum absolute atomic E-state index is 6.20. The maximum Gasteiger partial charge on any atom is 0.196 e. The zero-order valence-corrected chi connectivity index (χ0v) is 17.6. The lowest BCUT2D eigenvalue weighted by molar-refractivity contribution is 0.340. The Bertz CT molecular complexity index is 1110. The van der Waals surface area contributed by atoms with E-state index >= 15 is 0 Å². The van der Waals surface area contributed by atoms with Gasteiger partial charge >= 0.3 is 0 Å². The third-order valence-corrected chi connectivity index (χ3v) is 5.35. The molecular formula is C21H19ClN4O2S. The van der Waals surface area contributed by atoms with Crippen LogP contribution in [0.4, 0.5) is 0 Å². The van der Waals surface area contributed by atoms with E-state index in [1.54, 1.807) is 11.8 Å². The van der Waals surface area contributed by atoms with E-state index in [0.29, 0.717) is 17.4 Å². The summed E-state index contributed by atoms with van der Waals surface area (Å²) in [6.07, 6.45) is 0. The summed E-state index contributed by atoms with van der Waals surface area (Å²) in [4.78, 5) is 0. The van der Waals surface area contributed by atoms with Crippen LogP contribution in [0.25, 0.3) is 17.1 Å². The fourth-order valence-corrected chi connectivity index (χ4v) is 3.92. The van der Waals surface area contributed by atoms with E-state index in [4.69, 9.17) is 20.9 Å². The van der Waals surface area contributed by atoms with Crippen LogP contribution in [0.5, 0.6) is 5.75 Å².